The number of nitrogens with one attached hydrogen (secondary N) is 1. The maximum Gasteiger partial charge on any atom is 0.335 e. The van der Waals surface area contributed by atoms with Crippen molar-refractivity contribution in [1.29, 1.82) is 0 Å². The minimum Gasteiger partial charge on any atom is -0.351 e. The Morgan fingerprint density at radius 1 is 1.04 bits per heavy atom. The van der Waals surface area contributed by atoms with E-state index in [-0.39, 0.29) is 5.57 Å². The first-order chi connectivity index (χ1) is 11.4. The number of imide groups is 2. The van der Waals surface area contributed by atoms with Crippen LogP contribution in [-0.4, -0.2) is 22.4 Å². The summed E-state index contributed by atoms with van der Waals surface area (Å²) in [7, 11) is 1.81. The Hall–Kier alpha value is -3.15. The van der Waals surface area contributed by atoms with Gasteiger partial charge in [0.15, 0.2) is 0 Å². The van der Waals surface area contributed by atoms with Crippen LogP contribution in [0, 0.1) is 13.8 Å². The van der Waals surface area contributed by atoms with Crippen LogP contribution >= 0.6 is 0 Å². The third-order valence-corrected chi connectivity index (χ3v) is 3.84. The highest BCUT2D eigenvalue weighted by molar-refractivity contribution is 6.39. The van der Waals surface area contributed by atoms with E-state index in [1.165, 1.54) is 6.08 Å². The summed E-state index contributed by atoms with van der Waals surface area (Å²) < 4.78 is 1.78. The monoisotopic (exact) mass is 323 g/mol. The molecule has 0 saturated carbocycles. The number of anilines is 1. The zero-order valence-electron chi connectivity index (χ0n) is 13.7. The van der Waals surface area contributed by atoms with Crippen molar-refractivity contribution in [3.05, 3.63) is 58.9 Å². The maximum absolute atomic E-state index is 12.8. The van der Waals surface area contributed by atoms with Crippen molar-refractivity contribution >= 4 is 29.6 Å². The first-order valence-corrected chi connectivity index (χ1v) is 7.48. The van der Waals surface area contributed by atoms with Crippen molar-refractivity contribution in [3.8, 4) is 0 Å². The number of barbiturate groups is 1. The Morgan fingerprint density at radius 3 is 2.29 bits per heavy atom. The normalized spacial score (nSPS) is 16.7. The maximum atomic E-state index is 12.8. The summed E-state index contributed by atoms with van der Waals surface area (Å²) in [5, 5.41) is 2.23. The molecule has 0 unspecified atom stereocenters. The number of aryl methyl sites for hydroxylation is 3. The number of carbonyl (C=O) groups is 3. The molecule has 1 aliphatic rings. The quantitative estimate of drug-likeness (QED) is 0.681. The lowest BCUT2D eigenvalue weighted by molar-refractivity contribution is -0.122. The summed E-state index contributed by atoms with van der Waals surface area (Å²) >= 11 is 0. The van der Waals surface area contributed by atoms with Crippen molar-refractivity contribution in [1.82, 2.24) is 9.88 Å². The Bertz CT molecular complexity index is 872. The lowest BCUT2D eigenvalue weighted by Crippen LogP contribution is -2.54. The SMILES string of the molecule is Cc1cc(C)cc(N2C(=O)NC(=O)C(=Cc3cccn3C)C2=O)c1. The van der Waals surface area contributed by atoms with Crippen LogP contribution in [0.4, 0.5) is 10.5 Å². The molecule has 0 aliphatic carbocycles. The molecule has 2 aromatic rings. The molecule has 6 heteroatoms. The highest BCUT2D eigenvalue weighted by Gasteiger charge is 2.37. The molecule has 3 rings (SSSR count). The number of hydrogen-bond donors (Lipinski definition) is 1. The smallest absolute Gasteiger partial charge is 0.335 e. The molecular weight excluding hydrogens is 306 g/mol. The number of aromatic nitrogens is 1. The average molecular weight is 323 g/mol. The molecule has 1 aliphatic heterocycles. The van der Waals surface area contributed by atoms with E-state index in [9.17, 15) is 14.4 Å². The van der Waals surface area contributed by atoms with E-state index in [0.717, 1.165) is 16.0 Å². The summed E-state index contributed by atoms with van der Waals surface area (Å²) in [4.78, 5) is 38.1. The van der Waals surface area contributed by atoms with Crippen molar-refractivity contribution in [2.24, 2.45) is 7.05 Å². The van der Waals surface area contributed by atoms with Gasteiger partial charge >= 0.3 is 6.03 Å². The van der Waals surface area contributed by atoms with Crippen LogP contribution in [0.1, 0.15) is 16.8 Å². The largest absolute Gasteiger partial charge is 0.351 e. The van der Waals surface area contributed by atoms with Gasteiger partial charge in [0.2, 0.25) is 0 Å². The van der Waals surface area contributed by atoms with Gasteiger partial charge in [-0.3, -0.25) is 14.9 Å². The Balaban J connectivity index is 2.06. The molecule has 1 saturated heterocycles. The van der Waals surface area contributed by atoms with Gasteiger partial charge in [-0.25, -0.2) is 9.69 Å². The molecule has 24 heavy (non-hydrogen) atoms. The molecule has 1 fully saturated rings. The first kappa shape index (κ1) is 15.7. The highest BCUT2D eigenvalue weighted by Crippen LogP contribution is 2.24. The van der Waals surface area contributed by atoms with Gasteiger partial charge in [-0.1, -0.05) is 6.07 Å². The molecule has 2 heterocycles. The van der Waals surface area contributed by atoms with Crippen LogP contribution in [0.2, 0.25) is 0 Å². The number of rotatable bonds is 2. The number of benzene rings is 1. The molecule has 0 atom stereocenters. The minimum atomic E-state index is -0.737. The van der Waals surface area contributed by atoms with E-state index >= 15 is 0 Å². The molecule has 1 aromatic carbocycles. The average Bonchev–Trinajstić information content (AvgIpc) is 2.87. The Kier molecular flexibility index (Phi) is 3.81. The van der Waals surface area contributed by atoms with E-state index < -0.39 is 17.8 Å². The van der Waals surface area contributed by atoms with Crippen molar-refractivity contribution < 1.29 is 14.4 Å². The zero-order valence-corrected chi connectivity index (χ0v) is 13.7. The van der Waals surface area contributed by atoms with E-state index in [1.807, 2.05) is 39.2 Å². The second kappa shape index (κ2) is 5.81. The third kappa shape index (κ3) is 2.74. The van der Waals surface area contributed by atoms with E-state index in [4.69, 9.17) is 0 Å². The first-order valence-electron chi connectivity index (χ1n) is 7.48. The molecule has 0 bridgehead atoms. The second-order valence-corrected chi connectivity index (χ2v) is 5.85. The van der Waals surface area contributed by atoms with Gasteiger partial charge in [0.1, 0.15) is 5.57 Å². The molecule has 1 aromatic heterocycles. The Morgan fingerprint density at radius 2 is 1.71 bits per heavy atom. The molecule has 6 nitrogen and oxygen atoms in total. The van der Waals surface area contributed by atoms with Crippen LogP contribution in [0.25, 0.3) is 6.08 Å². The summed E-state index contributed by atoms with van der Waals surface area (Å²) in [5.41, 5.74) is 2.92. The van der Waals surface area contributed by atoms with Gasteiger partial charge in [-0.15, -0.1) is 0 Å². The lowest BCUT2D eigenvalue weighted by Gasteiger charge is -2.27. The van der Waals surface area contributed by atoms with Gasteiger partial charge in [0.25, 0.3) is 11.8 Å². The van der Waals surface area contributed by atoms with Gasteiger partial charge in [-0.2, -0.15) is 0 Å². The summed E-state index contributed by atoms with van der Waals surface area (Å²) in [5.74, 6) is -1.32. The van der Waals surface area contributed by atoms with Gasteiger partial charge in [0, 0.05) is 18.9 Å². The van der Waals surface area contributed by atoms with E-state index in [1.54, 1.807) is 22.8 Å². The minimum absolute atomic E-state index is 0.0736. The number of carbonyl (C=O) groups excluding carboxylic acids is 3. The van der Waals surface area contributed by atoms with Crippen LogP contribution in [0.15, 0.2) is 42.1 Å². The van der Waals surface area contributed by atoms with Gasteiger partial charge in [0.05, 0.1) is 5.69 Å². The molecular formula is C18H17N3O3. The fourth-order valence-electron chi connectivity index (χ4n) is 2.74. The fourth-order valence-corrected chi connectivity index (χ4v) is 2.74. The molecule has 1 N–H and O–H groups in total. The van der Waals surface area contributed by atoms with Crippen molar-refractivity contribution in [3.63, 3.8) is 0 Å². The molecule has 0 spiro atoms. The van der Waals surface area contributed by atoms with Gasteiger partial charge < -0.3 is 4.57 Å². The van der Waals surface area contributed by atoms with Crippen molar-refractivity contribution in [2.45, 2.75) is 13.8 Å². The number of hydrogen-bond acceptors (Lipinski definition) is 3. The lowest BCUT2D eigenvalue weighted by atomic mass is 10.1. The van der Waals surface area contributed by atoms with E-state index in [0.29, 0.717) is 11.4 Å². The number of amides is 4. The summed E-state index contributed by atoms with van der Waals surface area (Å²) in [6.07, 6.45) is 3.30. The molecule has 0 radical (unpaired) electrons. The topological polar surface area (TPSA) is 71.4 Å². The predicted octanol–water partition coefficient (Wildman–Crippen LogP) is 2.31. The number of urea groups is 1. The fraction of sp³-hybridized carbons (Fsp3) is 0.167. The van der Waals surface area contributed by atoms with E-state index in [2.05, 4.69) is 5.32 Å². The zero-order chi connectivity index (χ0) is 17.4. The Labute approximate surface area is 139 Å². The summed E-state index contributed by atoms with van der Waals surface area (Å²) in [6.45, 7) is 3.77. The third-order valence-electron chi connectivity index (χ3n) is 3.84. The molecule has 4 amide bonds. The van der Waals surface area contributed by atoms with Crippen LogP contribution in [-0.2, 0) is 16.6 Å². The van der Waals surface area contributed by atoms with Crippen LogP contribution < -0.4 is 10.2 Å². The summed E-state index contributed by atoms with van der Waals surface area (Å²) in [6, 6.07) is 8.28. The highest BCUT2D eigenvalue weighted by atomic mass is 16.2. The molecule has 122 valence electrons. The standard InChI is InChI=1S/C18H17N3O3/c1-11-7-12(2)9-14(8-11)21-17(23)15(16(22)19-18(21)24)10-13-5-4-6-20(13)3/h4-10H,1-3H3,(H,19,22,24). The van der Waals surface area contributed by atoms with Gasteiger partial charge in [-0.05, 0) is 55.3 Å². The second-order valence-electron chi connectivity index (χ2n) is 5.85. The van der Waals surface area contributed by atoms with Crippen LogP contribution in [0.5, 0.6) is 0 Å². The number of nitrogens with zero attached hydrogens (tertiary/aromatic N) is 2. The predicted molar refractivity (Wildman–Crippen MR) is 90.3 cm³/mol. The van der Waals surface area contributed by atoms with Crippen molar-refractivity contribution in [2.75, 3.05) is 4.90 Å². The van der Waals surface area contributed by atoms with Crippen LogP contribution in [0.3, 0.4) is 0 Å².